The summed E-state index contributed by atoms with van der Waals surface area (Å²) in [5.74, 6) is 0.473. The first-order chi connectivity index (χ1) is 11.6. The molecule has 2 heterocycles. The summed E-state index contributed by atoms with van der Waals surface area (Å²) >= 11 is 0. The Morgan fingerprint density at radius 1 is 1.33 bits per heavy atom. The number of carbonyl (C=O) groups excluding carboxylic acids is 2. The van der Waals surface area contributed by atoms with Crippen LogP contribution in [0.3, 0.4) is 0 Å². The maximum absolute atomic E-state index is 12.5. The molecule has 0 atom stereocenters. The summed E-state index contributed by atoms with van der Waals surface area (Å²) in [5, 5.41) is 0. The van der Waals surface area contributed by atoms with Gasteiger partial charge in [0.25, 0.3) is 0 Å². The molecule has 6 heteroatoms. The summed E-state index contributed by atoms with van der Waals surface area (Å²) in [7, 11) is 0. The second-order valence-corrected chi connectivity index (χ2v) is 6.12. The van der Waals surface area contributed by atoms with Crippen LogP contribution in [0, 0.1) is 12.8 Å². The Labute approximate surface area is 140 Å². The average molecular weight is 330 g/mol. The molecule has 0 spiro atoms. The second-order valence-electron chi connectivity index (χ2n) is 6.12. The molecule has 0 saturated carbocycles. The number of rotatable bonds is 4. The lowest BCUT2D eigenvalue weighted by atomic mass is 9.96. The molecule has 2 aromatic rings. The molecular formula is C18H22N2O4. The van der Waals surface area contributed by atoms with Crippen molar-refractivity contribution in [3.05, 3.63) is 29.7 Å². The van der Waals surface area contributed by atoms with Gasteiger partial charge < -0.3 is 14.1 Å². The fourth-order valence-electron chi connectivity index (χ4n) is 3.11. The molecule has 0 aliphatic carbocycles. The molecule has 0 bridgehead atoms. The fourth-order valence-corrected chi connectivity index (χ4v) is 3.11. The van der Waals surface area contributed by atoms with Gasteiger partial charge >= 0.3 is 5.97 Å². The molecule has 1 amide bonds. The summed E-state index contributed by atoms with van der Waals surface area (Å²) < 4.78 is 10.6. The minimum absolute atomic E-state index is 0.0768. The van der Waals surface area contributed by atoms with Crippen LogP contribution in [0.15, 0.2) is 22.6 Å². The van der Waals surface area contributed by atoms with Crippen molar-refractivity contribution in [1.82, 2.24) is 9.88 Å². The topological polar surface area (TPSA) is 72.6 Å². The van der Waals surface area contributed by atoms with Gasteiger partial charge in [0.05, 0.1) is 18.9 Å². The van der Waals surface area contributed by atoms with Crippen molar-refractivity contribution in [2.75, 3.05) is 19.7 Å². The third kappa shape index (κ3) is 3.58. The minimum atomic E-state index is -0.143. The van der Waals surface area contributed by atoms with Crippen LogP contribution >= 0.6 is 0 Å². The number of ether oxygens (including phenoxy) is 1. The normalized spacial score (nSPS) is 15.7. The van der Waals surface area contributed by atoms with E-state index in [9.17, 15) is 9.59 Å². The highest BCUT2D eigenvalue weighted by atomic mass is 16.5. The van der Waals surface area contributed by atoms with Crippen LogP contribution in [-0.2, 0) is 20.7 Å². The van der Waals surface area contributed by atoms with Crippen molar-refractivity contribution in [2.24, 2.45) is 5.92 Å². The van der Waals surface area contributed by atoms with Crippen molar-refractivity contribution in [3.8, 4) is 0 Å². The molecule has 3 rings (SSSR count). The van der Waals surface area contributed by atoms with Gasteiger partial charge in [0, 0.05) is 20.0 Å². The predicted molar refractivity (Wildman–Crippen MR) is 88.4 cm³/mol. The number of carbonyl (C=O) groups is 2. The SMILES string of the molecule is CCOC(=O)C1CCN(C(=O)Cc2ccc3nc(C)oc3c2)CC1. The standard InChI is InChI=1S/C18H22N2O4/c1-3-23-18(22)14-6-8-20(9-7-14)17(21)11-13-4-5-15-16(10-13)24-12(2)19-15/h4-5,10,14H,3,6-9,11H2,1-2H3. The highest BCUT2D eigenvalue weighted by molar-refractivity contribution is 5.81. The maximum Gasteiger partial charge on any atom is 0.309 e. The van der Waals surface area contributed by atoms with Gasteiger partial charge in [0.1, 0.15) is 5.52 Å². The molecule has 24 heavy (non-hydrogen) atoms. The number of fused-ring (bicyclic) bond motifs is 1. The van der Waals surface area contributed by atoms with Crippen molar-refractivity contribution in [1.29, 1.82) is 0 Å². The van der Waals surface area contributed by atoms with E-state index < -0.39 is 0 Å². The van der Waals surface area contributed by atoms with E-state index in [1.54, 1.807) is 6.92 Å². The number of benzene rings is 1. The molecule has 1 fully saturated rings. The maximum atomic E-state index is 12.5. The van der Waals surface area contributed by atoms with Crippen LogP contribution in [0.2, 0.25) is 0 Å². The van der Waals surface area contributed by atoms with E-state index in [0.29, 0.717) is 50.4 Å². The van der Waals surface area contributed by atoms with Gasteiger partial charge in [-0.15, -0.1) is 0 Å². The molecule has 1 aliphatic heterocycles. The Hall–Kier alpha value is -2.37. The molecule has 0 N–H and O–H groups in total. The minimum Gasteiger partial charge on any atom is -0.466 e. The first-order valence-electron chi connectivity index (χ1n) is 8.37. The number of hydrogen-bond acceptors (Lipinski definition) is 5. The van der Waals surface area contributed by atoms with Gasteiger partial charge in [0.15, 0.2) is 11.5 Å². The summed E-state index contributed by atoms with van der Waals surface area (Å²) in [6, 6.07) is 5.66. The number of likely N-dealkylation sites (tertiary alicyclic amines) is 1. The van der Waals surface area contributed by atoms with Crippen LogP contribution in [0.25, 0.3) is 11.1 Å². The van der Waals surface area contributed by atoms with Gasteiger partial charge in [-0.25, -0.2) is 4.98 Å². The molecule has 1 saturated heterocycles. The van der Waals surface area contributed by atoms with Gasteiger partial charge in [-0.1, -0.05) is 6.07 Å². The van der Waals surface area contributed by atoms with Gasteiger partial charge in [-0.05, 0) is 37.5 Å². The number of esters is 1. The smallest absolute Gasteiger partial charge is 0.309 e. The summed E-state index contributed by atoms with van der Waals surface area (Å²) in [6.07, 6.45) is 1.68. The van der Waals surface area contributed by atoms with Crippen LogP contribution in [0.5, 0.6) is 0 Å². The van der Waals surface area contributed by atoms with E-state index in [4.69, 9.17) is 9.15 Å². The number of nitrogens with zero attached hydrogens (tertiary/aromatic N) is 2. The van der Waals surface area contributed by atoms with Crippen molar-refractivity contribution in [3.63, 3.8) is 0 Å². The number of aromatic nitrogens is 1. The molecule has 6 nitrogen and oxygen atoms in total. The Balaban J connectivity index is 1.58. The third-order valence-corrected chi connectivity index (χ3v) is 4.38. The van der Waals surface area contributed by atoms with E-state index in [0.717, 1.165) is 11.1 Å². The van der Waals surface area contributed by atoms with Crippen LogP contribution < -0.4 is 0 Å². The highest BCUT2D eigenvalue weighted by Gasteiger charge is 2.28. The lowest BCUT2D eigenvalue weighted by Gasteiger charge is -2.31. The van der Waals surface area contributed by atoms with Gasteiger partial charge in [-0.3, -0.25) is 9.59 Å². The van der Waals surface area contributed by atoms with Crippen molar-refractivity contribution >= 4 is 23.0 Å². The molecule has 0 unspecified atom stereocenters. The number of piperidine rings is 1. The molecule has 1 aromatic carbocycles. The summed E-state index contributed by atoms with van der Waals surface area (Å²) in [6.45, 7) is 5.22. The van der Waals surface area contributed by atoms with E-state index >= 15 is 0 Å². The first kappa shape index (κ1) is 16.5. The summed E-state index contributed by atoms with van der Waals surface area (Å²) in [5.41, 5.74) is 2.42. The highest BCUT2D eigenvalue weighted by Crippen LogP contribution is 2.21. The van der Waals surface area contributed by atoms with Crippen molar-refractivity contribution in [2.45, 2.75) is 33.1 Å². The Bertz CT molecular complexity index is 745. The third-order valence-electron chi connectivity index (χ3n) is 4.38. The number of amides is 1. The predicted octanol–water partition coefficient (Wildman–Crippen LogP) is 2.48. The molecular weight excluding hydrogens is 308 g/mol. The zero-order valence-corrected chi connectivity index (χ0v) is 14.1. The molecule has 1 aliphatic rings. The Morgan fingerprint density at radius 2 is 2.08 bits per heavy atom. The summed E-state index contributed by atoms with van der Waals surface area (Å²) in [4.78, 5) is 30.3. The van der Waals surface area contributed by atoms with E-state index in [1.165, 1.54) is 0 Å². The number of hydrogen-bond donors (Lipinski definition) is 0. The number of aryl methyl sites for hydroxylation is 1. The van der Waals surface area contributed by atoms with Gasteiger partial charge in [0.2, 0.25) is 5.91 Å². The van der Waals surface area contributed by atoms with E-state index in [2.05, 4.69) is 4.98 Å². The van der Waals surface area contributed by atoms with E-state index in [-0.39, 0.29) is 17.8 Å². The Morgan fingerprint density at radius 3 is 2.79 bits per heavy atom. The number of oxazole rings is 1. The lowest BCUT2D eigenvalue weighted by molar-refractivity contribution is -0.151. The quantitative estimate of drug-likeness (QED) is 0.805. The molecule has 0 radical (unpaired) electrons. The first-order valence-corrected chi connectivity index (χ1v) is 8.37. The van der Waals surface area contributed by atoms with E-state index in [1.807, 2.05) is 30.0 Å². The van der Waals surface area contributed by atoms with Crippen molar-refractivity contribution < 1.29 is 18.7 Å². The zero-order valence-electron chi connectivity index (χ0n) is 14.1. The average Bonchev–Trinajstić information content (AvgIpc) is 2.94. The molecule has 128 valence electrons. The Kier molecular flexibility index (Phi) is 4.83. The lowest BCUT2D eigenvalue weighted by Crippen LogP contribution is -2.41. The largest absolute Gasteiger partial charge is 0.466 e. The second kappa shape index (κ2) is 7.03. The zero-order chi connectivity index (χ0) is 17.1. The molecule has 1 aromatic heterocycles. The van der Waals surface area contributed by atoms with Crippen LogP contribution in [-0.4, -0.2) is 41.5 Å². The van der Waals surface area contributed by atoms with Crippen LogP contribution in [0.4, 0.5) is 0 Å². The monoisotopic (exact) mass is 330 g/mol. The van der Waals surface area contributed by atoms with Crippen LogP contribution in [0.1, 0.15) is 31.2 Å². The fraction of sp³-hybridized carbons (Fsp3) is 0.500. The van der Waals surface area contributed by atoms with Gasteiger partial charge in [-0.2, -0.15) is 0 Å².